The summed E-state index contributed by atoms with van der Waals surface area (Å²) in [4.78, 5) is 2.13. The van der Waals surface area contributed by atoms with Crippen molar-refractivity contribution in [2.24, 2.45) is 0 Å². The molecule has 0 aliphatic heterocycles. The molecule has 9 heavy (non-hydrogen) atoms. The molecule has 51 valence electrons. The van der Waals surface area contributed by atoms with Crippen LogP contribution in [0.15, 0.2) is 11.0 Å². The van der Waals surface area contributed by atoms with E-state index in [9.17, 15) is 0 Å². The molecule has 0 nitrogen and oxygen atoms in total. The Labute approximate surface area is 66.9 Å². The van der Waals surface area contributed by atoms with E-state index in [-0.39, 0.29) is 0 Å². The van der Waals surface area contributed by atoms with Crippen molar-refractivity contribution in [1.82, 2.24) is 0 Å². The van der Waals surface area contributed by atoms with Crippen LogP contribution in [0.3, 0.4) is 0 Å². The first-order chi connectivity index (χ1) is 4.41. The van der Waals surface area contributed by atoms with Gasteiger partial charge in [0.2, 0.25) is 0 Å². The first-order valence-electron chi connectivity index (χ1n) is 3.74. The molecule has 0 aromatic carbocycles. The Morgan fingerprint density at radius 3 is 2.56 bits per heavy atom. The van der Waals surface area contributed by atoms with Gasteiger partial charge in [0.25, 0.3) is 0 Å². The number of hydrogen-bond donors (Lipinski definition) is 0. The van der Waals surface area contributed by atoms with E-state index in [1.54, 1.807) is 0 Å². The number of unbranched alkanes of at least 4 members (excludes halogenated alkanes) is 4. The number of rotatable bonds is 5. The van der Waals surface area contributed by atoms with Gasteiger partial charge in [-0.3, -0.25) is 0 Å². The molecule has 0 atom stereocenters. The molecule has 0 rings (SSSR count). The van der Waals surface area contributed by atoms with Gasteiger partial charge in [0.05, 0.1) is 0 Å². The standard InChI is InChI=1S/C8H15Ge/c1-2-3-4-5-6-7-8-9/h7-8H,2-6H2,1H3. The summed E-state index contributed by atoms with van der Waals surface area (Å²) in [5, 5.41) is 0. The second kappa shape index (κ2) is 8.28. The van der Waals surface area contributed by atoms with Crippen molar-refractivity contribution in [2.45, 2.75) is 39.0 Å². The van der Waals surface area contributed by atoms with E-state index in [0.29, 0.717) is 0 Å². The van der Waals surface area contributed by atoms with Gasteiger partial charge >= 0.3 is 66.5 Å². The fourth-order valence-electron chi connectivity index (χ4n) is 0.772. The van der Waals surface area contributed by atoms with Crippen molar-refractivity contribution >= 4 is 16.5 Å². The average Bonchev–Trinajstić information content (AvgIpc) is 1.89. The molecule has 0 amide bonds. The minimum absolute atomic E-state index is 1.27. The summed E-state index contributed by atoms with van der Waals surface area (Å²) in [6.07, 6.45) is 9.04. The van der Waals surface area contributed by atoms with Crippen LogP contribution in [-0.4, -0.2) is 16.5 Å². The summed E-state index contributed by atoms with van der Waals surface area (Å²) in [6.45, 7) is 2.25. The van der Waals surface area contributed by atoms with Crippen LogP contribution in [0, 0.1) is 0 Å². The molecule has 1 heteroatoms. The summed E-state index contributed by atoms with van der Waals surface area (Å²) in [5.41, 5.74) is 0. The minimum atomic E-state index is 1.27. The zero-order valence-corrected chi connectivity index (χ0v) is 8.29. The molecule has 0 spiro atoms. The Bertz CT molecular complexity index is 67.0. The van der Waals surface area contributed by atoms with E-state index in [1.807, 2.05) is 0 Å². The van der Waals surface area contributed by atoms with Gasteiger partial charge in [-0.2, -0.15) is 0 Å². The van der Waals surface area contributed by atoms with Crippen molar-refractivity contribution in [1.29, 1.82) is 0 Å². The zero-order valence-electron chi connectivity index (χ0n) is 6.19. The summed E-state index contributed by atoms with van der Waals surface area (Å²) in [5.74, 6) is 0. The second-order valence-corrected chi connectivity index (χ2v) is 2.95. The maximum absolute atomic E-state index is 2.25. The molecule has 0 aromatic heterocycles. The molecule has 0 aliphatic carbocycles. The molecule has 3 radical (unpaired) electrons. The fraction of sp³-hybridized carbons (Fsp3) is 0.750. The van der Waals surface area contributed by atoms with E-state index in [4.69, 9.17) is 0 Å². The predicted molar refractivity (Wildman–Crippen MR) is 43.7 cm³/mol. The molecule has 0 fully saturated rings. The van der Waals surface area contributed by atoms with Crippen molar-refractivity contribution in [2.75, 3.05) is 0 Å². The van der Waals surface area contributed by atoms with Crippen LogP contribution < -0.4 is 0 Å². The molecule has 0 saturated heterocycles. The number of allylic oxidation sites excluding steroid dienone is 1. The first-order valence-corrected chi connectivity index (χ1v) is 4.95. The van der Waals surface area contributed by atoms with Gasteiger partial charge in [-0.25, -0.2) is 0 Å². The Kier molecular flexibility index (Phi) is 8.54. The van der Waals surface area contributed by atoms with E-state index < -0.39 is 0 Å². The van der Waals surface area contributed by atoms with Gasteiger partial charge in [-0.05, 0) is 0 Å². The third kappa shape index (κ3) is 8.28. The molecule has 0 saturated carbocycles. The Morgan fingerprint density at radius 2 is 2.00 bits per heavy atom. The van der Waals surface area contributed by atoms with Crippen LogP contribution in [0.4, 0.5) is 0 Å². The fourth-order valence-corrected chi connectivity index (χ4v) is 1.12. The Balaban J connectivity index is 2.75. The van der Waals surface area contributed by atoms with Gasteiger partial charge in [-0.15, -0.1) is 0 Å². The van der Waals surface area contributed by atoms with Crippen LogP contribution in [0.2, 0.25) is 0 Å². The molecule has 0 unspecified atom stereocenters. The van der Waals surface area contributed by atoms with Gasteiger partial charge in [0.15, 0.2) is 0 Å². The third-order valence-corrected chi connectivity index (χ3v) is 1.84. The van der Waals surface area contributed by atoms with Crippen molar-refractivity contribution in [3.05, 3.63) is 11.0 Å². The van der Waals surface area contributed by atoms with E-state index in [1.165, 1.54) is 32.1 Å². The molecule has 0 aliphatic rings. The molecular formula is C8H15Ge. The number of hydrogen-bond acceptors (Lipinski definition) is 0. The van der Waals surface area contributed by atoms with Crippen molar-refractivity contribution in [3.8, 4) is 0 Å². The molecule has 0 aromatic rings. The first kappa shape index (κ1) is 9.28. The van der Waals surface area contributed by atoms with Gasteiger partial charge in [0, 0.05) is 0 Å². The Morgan fingerprint density at radius 1 is 1.22 bits per heavy atom. The van der Waals surface area contributed by atoms with Crippen LogP contribution in [0.1, 0.15) is 39.0 Å². The topological polar surface area (TPSA) is 0 Å². The van der Waals surface area contributed by atoms with Crippen molar-refractivity contribution in [3.63, 3.8) is 0 Å². The van der Waals surface area contributed by atoms with Gasteiger partial charge in [-0.1, -0.05) is 0 Å². The molecule has 0 heterocycles. The summed E-state index contributed by atoms with van der Waals surface area (Å²) in [6, 6.07) is 0. The van der Waals surface area contributed by atoms with E-state index >= 15 is 0 Å². The van der Waals surface area contributed by atoms with Gasteiger partial charge < -0.3 is 0 Å². The van der Waals surface area contributed by atoms with E-state index in [0.717, 1.165) is 0 Å². The second-order valence-electron chi connectivity index (χ2n) is 2.25. The normalized spacial score (nSPS) is 10.9. The monoisotopic (exact) mass is 185 g/mol. The average molecular weight is 184 g/mol. The quantitative estimate of drug-likeness (QED) is 0.454. The van der Waals surface area contributed by atoms with Crippen LogP contribution in [0.25, 0.3) is 0 Å². The summed E-state index contributed by atoms with van der Waals surface area (Å²) < 4.78 is 0. The molecule has 0 N–H and O–H groups in total. The summed E-state index contributed by atoms with van der Waals surface area (Å²) >= 11 is 2.08. The van der Waals surface area contributed by atoms with Crippen LogP contribution >= 0.6 is 0 Å². The van der Waals surface area contributed by atoms with E-state index in [2.05, 4.69) is 34.4 Å². The van der Waals surface area contributed by atoms with Gasteiger partial charge in [0.1, 0.15) is 0 Å². The SMILES string of the molecule is CCCCCCC=[CH][Ge]. The third-order valence-electron chi connectivity index (χ3n) is 1.34. The van der Waals surface area contributed by atoms with Crippen LogP contribution in [-0.2, 0) is 0 Å². The maximum atomic E-state index is 2.25. The van der Waals surface area contributed by atoms with Crippen LogP contribution in [0.5, 0.6) is 0 Å². The molecular weight excluding hydrogens is 169 g/mol. The Hall–Kier alpha value is 0.283. The van der Waals surface area contributed by atoms with Crippen molar-refractivity contribution < 1.29 is 0 Å². The molecule has 0 bridgehead atoms. The predicted octanol–water partition coefficient (Wildman–Crippen LogP) is 2.64. The zero-order chi connectivity index (χ0) is 6.95. The summed E-state index contributed by atoms with van der Waals surface area (Å²) in [7, 11) is 0.